The topological polar surface area (TPSA) is 74.6 Å². The fraction of sp³-hybridized carbons (Fsp3) is 0. The molecule has 0 radical (unpaired) electrons. The van der Waals surface area contributed by atoms with Gasteiger partial charge in [0.15, 0.2) is 0 Å². The highest BCUT2D eigenvalue weighted by Gasteiger charge is 2.15. The molecule has 1 aromatic heterocycles. The fourth-order valence-electron chi connectivity index (χ4n) is 2.99. The van der Waals surface area contributed by atoms with Gasteiger partial charge in [-0.25, -0.2) is 10.4 Å². The lowest BCUT2D eigenvalue weighted by Gasteiger charge is -2.10. The Morgan fingerprint density at radius 1 is 1.00 bits per heavy atom. The van der Waals surface area contributed by atoms with E-state index in [1.165, 1.54) is 6.07 Å². The van der Waals surface area contributed by atoms with Crippen LogP contribution in [0, 0.1) is 0 Å². The molecule has 4 rings (SSSR count). The molecule has 0 aliphatic rings. The van der Waals surface area contributed by atoms with Crippen LogP contribution in [0.5, 0.6) is 5.75 Å². The molecule has 0 saturated heterocycles. The quantitative estimate of drug-likeness (QED) is 0.372. The minimum atomic E-state index is -0.370. The van der Waals surface area contributed by atoms with Crippen molar-refractivity contribution in [2.75, 3.05) is 0 Å². The van der Waals surface area contributed by atoms with Crippen molar-refractivity contribution in [3.63, 3.8) is 0 Å². The summed E-state index contributed by atoms with van der Waals surface area (Å²) >= 11 is 5.93. The number of hydrogen-bond acceptors (Lipinski definition) is 4. The van der Waals surface area contributed by atoms with Crippen LogP contribution in [0.15, 0.2) is 84.0 Å². The van der Waals surface area contributed by atoms with Crippen LogP contribution in [0.4, 0.5) is 0 Å². The lowest BCUT2D eigenvalue weighted by atomic mass is 10.0. The lowest BCUT2D eigenvalue weighted by Crippen LogP contribution is -2.18. The van der Waals surface area contributed by atoms with E-state index >= 15 is 0 Å². The summed E-state index contributed by atoms with van der Waals surface area (Å²) in [5.74, 6) is -0.376. The van der Waals surface area contributed by atoms with E-state index in [9.17, 15) is 9.90 Å². The van der Waals surface area contributed by atoms with Crippen LogP contribution in [0.3, 0.4) is 0 Å². The highest BCUT2D eigenvalue weighted by Crippen LogP contribution is 2.32. The first-order chi connectivity index (χ1) is 14.1. The predicted molar refractivity (Wildman–Crippen MR) is 115 cm³/mol. The zero-order valence-corrected chi connectivity index (χ0v) is 16.0. The van der Waals surface area contributed by atoms with Crippen molar-refractivity contribution in [3.8, 4) is 17.0 Å². The van der Waals surface area contributed by atoms with Crippen molar-refractivity contribution in [2.45, 2.75) is 0 Å². The molecule has 0 unspecified atom stereocenters. The number of hydrazone groups is 1. The monoisotopic (exact) mass is 401 g/mol. The largest absolute Gasteiger partial charge is 0.507 e. The summed E-state index contributed by atoms with van der Waals surface area (Å²) in [5.41, 5.74) is 5.43. The molecule has 3 aromatic carbocycles. The summed E-state index contributed by atoms with van der Waals surface area (Å²) in [4.78, 5) is 17.4. The number of rotatable bonds is 4. The molecule has 0 atom stereocenters. The Kier molecular flexibility index (Phi) is 5.22. The number of carbonyl (C=O) groups is 1. The summed E-state index contributed by atoms with van der Waals surface area (Å²) < 4.78 is 0. The van der Waals surface area contributed by atoms with E-state index in [-0.39, 0.29) is 11.7 Å². The Balaban J connectivity index is 1.72. The molecule has 0 saturated carbocycles. The van der Waals surface area contributed by atoms with Gasteiger partial charge in [-0.1, -0.05) is 60.1 Å². The molecule has 0 aliphatic carbocycles. The van der Waals surface area contributed by atoms with Gasteiger partial charge in [0.25, 0.3) is 5.91 Å². The lowest BCUT2D eigenvalue weighted by molar-refractivity contribution is 0.0956. The number of nitrogens with one attached hydrogen (secondary N) is 1. The molecule has 0 fully saturated rings. The van der Waals surface area contributed by atoms with E-state index in [1.807, 2.05) is 54.6 Å². The van der Waals surface area contributed by atoms with Gasteiger partial charge in [0, 0.05) is 16.0 Å². The number of phenols is 1. The summed E-state index contributed by atoms with van der Waals surface area (Å²) in [7, 11) is 0. The van der Waals surface area contributed by atoms with Gasteiger partial charge >= 0.3 is 0 Å². The number of para-hydroxylation sites is 1. The minimum Gasteiger partial charge on any atom is -0.507 e. The molecule has 1 heterocycles. The number of halogens is 1. The summed E-state index contributed by atoms with van der Waals surface area (Å²) in [6, 6.07) is 23.2. The highest BCUT2D eigenvalue weighted by molar-refractivity contribution is 6.30. The molecule has 142 valence electrons. The molecule has 0 aliphatic heterocycles. The normalized spacial score (nSPS) is 11.1. The van der Waals surface area contributed by atoms with E-state index < -0.39 is 0 Å². The molecule has 6 heteroatoms. The Hall–Kier alpha value is -3.70. The Morgan fingerprint density at radius 2 is 1.76 bits per heavy atom. The predicted octanol–water partition coefficient (Wildman–Crippen LogP) is 5.02. The van der Waals surface area contributed by atoms with Crippen molar-refractivity contribution >= 4 is 34.6 Å². The Morgan fingerprint density at radius 3 is 2.55 bits per heavy atom. The van der Waals surface area contributed by atoms with E-state index in [1.54, 1.807) is 24.4 Å². The Bertz CT molecular complexity index is 1220. The van der Waals surface area contributed by atoms with Gasteiger partial charge in [-0.2, -0.15) is 5.10 Å². The average molecular weight is 402 g/mol. The van der Waals surface area contributed by atoms with Crippen molar-refractivity contribution in [1.82, 2.24) is 10.4 Å². The molecule has 1 amide bonds. The van der Waals surface area contributed by atoms with Crippen molar-refractivity contribution in [1.29, 1.82) is 0 Å². The van der Waals surface area contributed by atoms with Crippen LogP contribution in [-0.2, 0) is 0 Å². The number of benzene rings is 3. The second-order valence-electron chi connectivity index (χ2n) is 6.34. The fourth-order valence-corrected chi connectivity index (χ4v) is 3.15. The summed E-state index contributed by atoms with van der Waals surface area (Å²) in [6.07, 6.45) is 1.58. The highest BCUT2D eigenvalue weighted by atomic mass is 35.5. The maximum Gasteiger partial charge on any atom is 0.272 e. The van der Waals surface area contributed by atoms with Crippen LogP contribution in [0.25, 0.3) is 22.2 Å². The summed E-state index contributed by atoms with van der Waals surface area (Å²) in [5, 5.41) is 15.4. The van der Waals surface area contributed by atoms with E-state index in [4.69, 9.17) is 11.6 Å². The molecule has 5 nitrogen and oxygen atoms in total. The van der Waals surface area contributed by atoms with E-state index in [0.29, 0.717) is 32.7 Å². The second-order valence-corrected chi connectivity index (χ2v) is 6.78. The first-order valence-corrected chi connectivity index (χ1v) is 9.27. The SMILES string of the molecule is O=C(N/N=C/c1ccccc1)c1cc(-c2ccc(Cl)cc2O)nc2ccccc12. The molecule has 0 bridgehead atoms. The zero-order chi connectivity index (χ0) is 20.2. The molecular weight excluding hydrogens is 386 g/mol. The van der Waals surface area contributed by atoms with Crippen molar-refractivity contribution in [3.05, 3.63) is 95.0 Å². The van der Waals surface area contributed by atoms with Gasteiger partial charge in [-0.3, -0.25) is 4.79 Å². The van der Waals surface area contributed by atoms with Crippen LogP contribution in [0.2, 0.25) is 5.02 Å². The average Bonchev–Trinajstić information content (AvgIpc) is 2.73. The standard InChI is InChI=1S/C23H16ClN3O2/c24-16-10-11-18(22(28)12-16)21-13-19(17-8-4-5-9-20(17)26-21)23(29)27-25-14-15-6-2-1-3-7-15/h1-14,28H,(H,27,29)/b25-14+. The number of aromatic nitrogens is 1. The van der Waals surface area contributed by atoms with E-state index in [0.717, 1.165) is 5.56 Å². The third-order valence-corrected chi connectivity index (χ3v) is 4.61. The third kappa shape index (κ3) is 4.10. The number of carbonyl (C=O) groups excluding carboxylic acids is 1. The number of nitrogens with zero attached hydrogens (tertiary/aromatic N) is 2. The number of phenolic OH excluding ortho intramolecular Hbond substituents is 1. The maximum absolute atomic E-state index is 12.8. The van der Waals surface area contributed by atoms with Gasteiger partial charge in [0.05, 0.1) is 23.0 Å². The zero-order valence-electron chi connectivity index (χ0n) is 15.2. The van der Waals surface area contributed by atoms with Crippen LogP contribution in [-0.4, -0.2) is 22.2 Å². The number of aromatic hydroxyl groups is 1. The number of amides is 1. The molecule has 2 N–H and O–H groups in total. The second kappa shape index (κ2) is 8.12. The van der Waals surface area contributed by atoms with E-state index in [2.05, 4.69) is 15.5 Å². The maximum atomic E-state index is 12.8. The van der Waals surface area contributed by atoms with Gasteiger partial charge in [0.1, 0.15) is 5.75 Å². The molecule has 0 spiro atoms. The van der Waals surface area contributed by atoms with Gasteiger partial charge in [-0.05, 0) is 35.9 Å². The Labute approximate surface area is 172 Å². The third-order valence-electron chi connectivity index (χ3n) is 4.38. The number of fused-ring (bicyclic) bond motifs is 1. The molecule has 29 heavy (non-hydrogen) atoms. The van der Waals surface area contributed by atoms with Crippen LogP contribution >= 0.6 is 11.6 Å². The first kappa shape index (κ1) is 18.7. The van der Waals surface area contributed by atoms with Gasteiger partial charge < -0.3 is 5.11 Å². The number of hydrogen-bond donors (Lipinski definition) is 2. The van der Waals surface area contributed by atoms with Crippen LogP contribution < -0.4 is 5.43 Å². The minimum absolute atomic E-state index is 0.00580. The van der Waals surface area contributed by atoms with Gasteiger partial charge in [0.2, 0.25) is 0 Å². The molecule has 4 aromatic rings. The first-order valence-electron chi connectivity index (χ1n) is 8.89. The van der Waals surface area contributed by atoms with Crippen molar-refractivity contribution < 1.29 is 9.90 Å². The van der Waals surface area contributed by atoms with Crippen LogP contribution in [0.1, 0.15) is 15.9 Å². The number of pyridine rings is 1. The summed E-state index contributed by atoms with van der Waals surface area (Å²) in [6.45, 7) is 0. The van der Waals surface area contributed by atoms with Crippen molar-refractivity contribution in [2.24, 2.45) is 5.10 Å². The molecular formula is C23H16ClN3O2. The smallest absolute Gasteiger partial charge is 0.272 e. The van der Waals surface area contributed by atoms with Gasteiger partial charge in [-0.15, -0.1) is 0 Å².